The molecule has 2 N–H and O–H groups in total. The van der Waals surface area contributed by atoms with Crippen molar-refractivity contribution in [2.75, 3.05) is 5.32 Å². The summed E-state index contributed by atoms with van der Waals surface area (Å²) in [7, 11) is 0. The zero-order chi connectivity index (χ0) is 22.6. The second-order valence-corrected chi connectivity index (χ2v) is 9.94. The van der Waals surface area contributed by atoms with Gasteiger partial charge in [0.2, 0.25) is 17.7 Å². The number of carbonyl (C=O) groups is 3. The molecule has 0 radical (unpaired) electrons. The molecule has 6 rings (SSSR count). The lowest BCUT2D eigenvalue weighted by Crippen LogP contribution is -2.54. The summed E-state index contributed by atoms with van der Waals surface area (Å²) in [4.78, 5) is 43.0. The molecule has 33 heavy (non-hydrogen) atoms. The largest absolute Gasteiger partial charge is 0.324 e. The number of hydrogen-bond acceptors (Lipinski definition) is 4. The Morgan fingerprint density at radius 1 is 0.848 bits per heavy atom. The molecule has 1 saturated carbocycles. The lowest BCUT2D eigenvalue weighted by molar-refractivity contribution is -0.145. The van der Waals surface area contributed by atoms with Crippen LogP contribution in [0, 0.1) is 11.8 Å². The van der Waals surface area contributed by atoms with Crippen LogP contribution in [0.2, 0.25) is 0 Å². The highest BCUT2D eigenvalue weighted by atomic mass is 16.2. The summed E-state index contributed by atoms with van der Waals surface area (Å²) in [6, 6.07) is 17.2. The number of hydrogen-bond donors (Lipinski definition) is 2. The average Bonchev–Trinajstić information content (AvgIpc) is 3.28. The minimum absolute atomic E-state index is 0.0489. The number of rotatable bonds is 3. The molecule has 4 aliphatic rings. The Morgan fingerprint density at radius 3 is 2.30 bits per heavy atom. The quantitative estimate of drug-likeness (QED) is 0.563. The van der Waals surface area contributed by atoms with Crippen molar-refractivity contribution in [2.45, 2.75) is 62.6 Å². The number of nitrogens with zero attached hydrogens (tertiary/aromatic N) is 1. The van der Waals surface area contributed by atoms with Gasteiger partial charge in [-0.2, -0.15) is 0 Å². The Balaban J connectivity index is 1.45. The third-order valence-corrected chi connectivity index (χ3v) is 8.14. The normalized spacial score (nSPS) is 31.6. The van der Waals surface area contributed by atoms with Gasteiger partial charge in [-0.3, -0.25) is 24.6 Å². The first-order valence-corrected chi connectivity index (χ1v) is 12.2. The lowest BCUT2D eigenvalue weighted by Gasteiger charge is -2.32. The van der Waals surface area contributed by atoms with Gasteiger partial charge < -0.3 is 5.32 Å². The number of amides is 3. The minimum Gasteiger partial charge on any atom is -0.324 e. The highest BCUT2D eigenvalue weighted by Gasteiger charge is 2.70. The van der Waals surface area contributed by atoms with Crippen LogP contribution in [0.15, 0.2) is 54.6 Å². The van der Waals surface area contributed by atoms with Gasteiger partial charge in [0.15, 0.2) is 0 Å². The maximum Gasteiger partial charge on any atom is 0.250 e. The van der Waals surface area contributed by atoms with Gasteiger partial charge >= 0.3 is 0 Å². The van der Waals surface area contributed by atoms with E-state index in [2.05, 4.69) is 10.6 Å². The summed E-state index contributed by atoms with van der Waals surface area (Å²) in [6.07, 6.45) is 6.70. The Kier molecular flexibility index (Phi) is 4.87. The molecule has 170 valence electrons. The smallest absolute Gasteiger partial charge is 0.250 e. The average molecular weight is 444 g/mol. The number of likely N-dealkylation sites (tertiary alicyclic amines) is 1. The van der Waals surface area contributed by atoms with E-state index in [1.54, 1.807) is 4.90 Å². The second-order valence-electron chi connectivity index (χ2n) is 9.94. The molecule has 6 heteroatoms. The van der Waals surface area contributed by atoms with E-state index in [4.69, 9.17) is 0 Å². The molecule has 0 bridgehead atoms. The van der Waals surface area contributed by atoms with Gasteiger partial charge in [-0.25, -0.2) is 0 Å². The molecular weight excluding hydrogens is 414 g/mol. The first-order chi connectivity index (χ1) is 16.1. The minimum atomic E-state index is -1.20. The van der Waals surface area contributed by atoms with E-state index in [9.17, 15) is 14.4 Å². The molecule has 6 nitrogen and oxygen atoms in total. The van der Waals surface area contributed by atoms with Crippen molar-refractivity contribution < 1.29 is 14.4 Å². The topological polar surface area (TPSA) is 78.5 Å². The van der Waals surface area contributed by atoms with Crippen molar-refractivity contribution in [1.82, 2.24) is 10.2 Å². The Labute approximate surface area is 193 Å². The number of fused-ring (bicyclic) bond motifs is 4. The van der Waals surface area contributed by atoms with E-state index in [-0.39, 0.29) is 29.8 Å². The second kappa shape index (κ2) is 7.80. The Bertz CT molecular complexity index is 1110. The summed E-state index contributed by atoms with van der Waals surface area (Å²) < 4.78 is 0. The standard InChI is InChI=1S/C27H29N3O3/c31-24-22-21(16-17-10-4-3-5-11-17)29-27(19-14-8-9-15-20(19)28-26(27)33)23(22)25(32)30(24)18-12-6-1-2-7-13-18/h3-5,8-11,14-15,18,21-23,29H,1-2,6-7,12-13,16H2,(H,28,33)/t21-,22+,23-,27-/m0/s1. The van der Waals surface area contributed by atoms with Gasteiger partial charge in [-0.15, -0.1) is 0 Å². The van der Waals surface area contributed by atoms with Gasteiger partial charge in [0, 0.05) is 23.3 Å². The van der Waals surface area contributed by atoms with E-state index >= 15 is 0 Å². The van der Waals surface area contributed by atoms with E-state index in [0.717, 1.165) is 55.3 Å². The van der Waals surface area contributed by atoms with Crippen LogP contribution in [-0.4, -0.2) is 34.7 Å². The van der Waals surface area contributed by atoms with Gasteiger partial charge in [0.05, 0.1) is 11.8 Å². The van der Waals surface area contributed by atoms with Gasteiger partial charge in [-0.05, 0) is 30.9 Å². The number of benzene rings is 2. The molecule has 3 heterocycles. The van der Waals surface area contributed by atoms with Crippen molar-refractivity contribution in [2.24, 2.45) is 11.8 Å². The lowest BCUT2D eigenvalue weighted by atomic mass is 9.76. The van der Waals surface area contributed by atoms with Crippen molar-refractivity contribution in [3.8, 4) is 0 Å². The van der Waals surface area contributed by atoms with Crippen LogP contribution < -0.4 is 10.6 Å². The van der Waals surface area contributed by atoms with E-state index < -0.39 is 17.4 Å². The number of carbonyl (C=O) groups excluding carboxylic acids is 3. The predicted molar refractivity (Wildman–Crippen MR) is 124 cm³/mol. The Morgan fingerprint density at radius 2 is 1.55 bits per heavy atom. The molecule has 3 fully saturated rings. The number of nitrogens with one attached hydrogen (secondary N) is 2. The maximum atomic E-state index is 14.0. The molecule has 1 aliphatic carbocycles. The zero-order valence-corrected chi connectivity index (χ0v) is 18.6. The summed E-state index contributed by atoms with van der Waals surface area (Å²) in [5.74, 6) is -1.76. The van der Waals surface area contributed by atoms with Gasteiger partial charge in [0.1, 0.15) is 5.54 Å². The van der Waals surface area contributed by atoms with Crippen LogP contribution in [0.1, 0.15) is 49.7 Å². The molecule has 0 unspecified atom stereocenters. The summed E-state index contributed by atoms with van der Waals surface area (Å²) >= 11 is 0. The first kappa shape index (κ1) is 20.6. The highest BCUT2D eigenvalue weighted by Crippen LogP contribution is 2.53. The highest BCUT2D eigenvalue weighted by molar-refractivity contribution is 6.15. The fourth-order valence-electron chi connectivity index (χ4n) is 6.70. The summed E-state index contributed by atoms with van der Waals surface area (Å²) in [6.45, 7) is 0. The van der Waals surface area contributed by atoms with E-state index in [1.165, 1.54) is 0 Å². The summed E-state index contributed by atoms with van der Waals surface area (Å²) in [5, 5.41) is 6.52. The molecule has 3 aliphatic heterocycles. The predicted octanol–water partition coefficient (Wildman–Crippen LogP) is 3.37. The zero-order valence-electron chi connectivity index (χ0n) is 18.6. The van der Waals surface area contributed by atoms with Crippen molar-refractivity contribution >= 4 is 23.4 Å². The van der Waals surface area contributed by atoms with Crippen LogP contribution in [0.3, 0.4) is 0 Å². The third-order valence-electron chi connectivity index (χ3n) is 8.14. The van der Waals surface area contributed by atoms with Crippen molar-refractivity contribution in [3.63, 3.8) is 0 Å². The molecular formula is C27H29N3O3. The van der Waals surface area contributed by atoms with Gasteiger partial charge in [-0.1, -0.05) is 74.2 Å². The third kappa shape index (κ3) is 3.00. The van der Waals surface area contributed by atoms with E-state index in [1.807, 2.05) is 54.6 Å². The summed E-state index contributed by atoms with van der Waals surface area (Å²) in [5.41, 5.74) is 1.39. The number of para-hydroxylation sites is 1. The SMILES string of the molecule is O=C1[C@@H]2[C@H](Cc3ccccc3)N[C@]3(C(=O)Nc4ccccc43)[C@@H]2C(=O)N1C1CCCCCC1. The fourth-order valence-corrected chi connectivity index (χ4v) is 6.70. The van der Waals surface area contributed by atoms with Crippen LogP contribution in [0.4, 0.5) is 5.69 Å². The molecule has 3 amide bonds. The molecule has 1 spiro atoms. The van der Waals surface area contributed by atoms with E-state index in [0.29, 0.717) is 6.42 Å². The van der Waals surface area contributed by atoms with Crippen LogP contribution in [0.25, 0.3) is 0 Å². The van der Waals surface area contributed by atoms with Crippen molar-refractivity contribution in [1.29, 1.82) is 0 Å². The molecule has 2 aromatic rings. The molecule has 2 aromatic carbocycles. The molecule has 4 atom stereocenters. The first-order valence-electron chi connectivity index (χ1n) is 12.2. The number of anilines is 1. The van der Waals surface area contributed by atoms with Crippen molar-refractivity contribution in [3.05, 3.63) is 65.7 Å². The number of imide groups is 1. The monoisotopic (exact) mass is 443 g/mol. The fraction of sp³-hybridized carbons (Fsp3) is 0.444. The Hall–Kier alpha value is -2.99. The molecule has 2 saturated heterocycles. The van der Waals surface area contributed by atoms with Crippen LogP contribution >= 0.6 is 0 Å². The van der Waals surface area contributed by atoms with Crippen LogP contribution in [0.5, 0.6) is 0 Å². The van der Waals surface area contributed by atoms with Crippen LogP contribution in [-0.2, 0) is 26.3 Å². The van der Waals surface area contributed by atoms with Gasteiger partial charge in [0.25, 0.3) is 0 Å². The maximum absolute atomic E-state index is 14.0. The molecule has 0 aromatic heterocycles.